The Hall–Kier alpha value is -1.39. The van der Waals surface area contributed by atoms with Gasteiger partial charge in [0, 0.05) is 25.7 Å². The molecule has 0 amide bonds. The highest BCUT2D eigenvalue weighted by molar-refractivity contribution is 5.78. The Bertz CT molecular complexity index is 512. The summed E-state index contributed by atoms with van der Waals surface area (Å²) in [7, 11) is 4.59. The van der Waals surface area contributed by atoms with E-state index in [4.69, 9.17) is 4.74 Å². The van der Waals surface area contributed by atoms with Crippen molar-refractivity contribution < 1.29 is 19.1 Å². The third-order valence-corrected chi connectivity index (χ3v) is 5.74. The second-order valence-electron chi connectivity index (χ2n) is 7.19. The highest BCUT2D eigenvalue weighted by Crippen LogP contribution is 2.40. The molecular weight excluding hydrogens is 278 g/mol. The molecule has 1 aromatic carbocycles. The Labute approximate surface area is 132 Å². The summed E-state index contributed by atoms with van der Waals surface area (Å²) < 4.78 is 6.83. The van der Waals surface area contributed by atoms with Crippen molar-refractivity contribution in [2.45, 2.75) is 49.8 Å². The van der Waals surface area contributed by atoms with Crippen molar-refractivity contribution >= 4 is 5.97 Å². The van der Waals surface area contributed by atoms with Crippen molar-refractivity contribution in [3.05, 3.63) is 35.9 Å². The number of esters is 1. The lowest BCUT2D eigenvalue weighted by molar-refractivity contribution is -0.931. The molecule has 0 aromatic heterocycles. The minimum atomic E-state index is -0.566. The number of carbonyl (C=O) groups is 1. The fraction of sp³-hybridized carbons (Fsp3) is 0.611. The van der Waals surface area contributed by atoms with Gasteiger partial charge < -0.3 is 14.3 Å². The second-order valence-corrected chi connectivity index (χ2v) is 7.19. The number of aliphatic hydroxyl groups excluding tert-OH is 1. The Morgan fingerprint density at radius 3 is 2.36 bits per heavy atom. The van der Waals surface area contributed by atoms with Crippen LogP contribution in [0.3, 0.4) is 0 Å². The van der Waals surface area contributed by atoms with E-state index in [1.54, 1.807) is 0 Å². The van der Waals surface area contributed by atoms with E-state index in [1.165, 1.54) is 12.8 Å². The van der Waals surface area contributed by atoms with Gasteiger partial charge in [0.15, 0.2) is 0 Å². The Balaban J connectivity index is 1.65. The molecule has 1 N–H and O–H groups in total. The van der Waals surface area contributed by atoms with E-state index in [1.807, 2.05) is 30.3 Å². The maximum absolute atomic E-state index is 12.5. The monoisotopic (exact) mass is 304 g/mol. The molecule has 3 atom stereocenters. The molecule has 0 radical (unpaired) electrons. The third-order valence-electron chi connectivity index (χ3n) is 5.74. The maximum Gasteiger partial charge on any atom is 0.316 e. The predicted octanol–water partition coefficient (Wildman–Crippen LogP) is 2.08. The highest BCUT2D eigenvalue weighted by atomic mass is 16.5. The Morgan fingerprint density at radius 1 is 1.23 bits per heavy atom. The molecule has 2 bridgehead atoms. The summed E-state index contributed by atoms with van der Waals surface area (Å²) in [6.45, 7) is -0.204. The number of piperidine rings is 1. The number of carbonyl (C=O) groups excluding carboxylic acids is 1. The van der Waals surface area contributed by atoms with Crippen LogP contribution in [-0.4, -0.2) is 54.4 Å². The lowest BCUT2D eigenvalue weighted by Crippen LogP contribution is -2.56. The molecule has 2 saturated heterocycles. The SMILES string of the molecule is C[N+]1(C)C2CCC1CC(OC(=O)[C@@H](CO)c1ccccc1)C2. The molecule has 120 valence electrons. The molecule has 4 heteroatoms. The van der Waals surface area contributed by atoms with Crippen molar-refractivity contribution in [2.75, 3.05) is 20.7 Å². The van der Waals surface area contributed by atoms with Gasteiger partial charge in [-0.1, -0.05) is 30.3 Å². The van der Waals surface area contributed by atoms with Crippen LogP contribution in [0.1, 0.15) is 37.2 Å². The van der Waals surface area contributed by atoms with Gasteiger partial charge in [-0.15, -0.1) is 0 Å². The maximum atomic E-state index is 12.5. The molecule has 22 heavy (non-hydrogen) atoms. The molecule has 4 nitrogen and oxygen atoms in total. The minimum absolute atomic E-state index is 0.00825. The van der Waals surface area contributed by atoms with Gasteiger partial charge in [-0.25, -0.2) is 0 Å². The lowest BCUT2D eigenvalue weighted by Gasteiger charge is -2.44. The van der Waals surface area contributed by atoms with Gasteiger partial charge in [-0.2, -0.15) is 0 Å². The van der Waals surface area contributed by atoms with Crippen LogP contribution in [0.4, 0.5) is 0 Å². The molecule has 1 aromatic rings. The summed E-state index contributed by atoms with van der Waals surface area (Å²) in [4.78, 5) is 12.5. The van der Waals surface area contributed by atoms with Gasteiger partial charge >= 0.3 is 5.97 Å². The van der Waals surface area contributed by atoms with E-state index < -0.39 is 5.92 Å². The number of ether oxygens (including phenoxy) is 1. The van der Waals surface area contributed by atoms with Gasteiger partial charge in [-0.3, -0.25) is 4.79 Å². The summed E-state index contributed by atoms with van der Waals surface area (Å²) >= 11 is 0. The topological polar surface area (TPSA) is 46.5 Å². The number of nitrogens with zero attached hydrogens (tertiary/aromatic N) is 1. The van der Waals surface area contributed by atoms with Crippen LogP contribution in [-0.2, 0) is 9.53 Å². The first kappa shape index (κ1) is 15.5. The van der Waals surface area contributed by atoms with Crippen molar-refractivity contribution in [3.8, 4) is 0 Å². The summed E-state index contributed by atoms with van der Waals surface area (Å²) in [6.07, 6.45) is 4.36. The number of rotatable bonds is 4. The normalized spacial score (nSPS) is 30.8. The van der Waals surface area contributed by atoms with Crippen LogP contribution in [0.25, 0.3) is 0 Å². The highest BCUT2D eigenvalue weighted by Gasteiger charge is 2.50. The standard InChI is InChI=1S/C18H26NO3/c1-19(2)14-8-9-15(19)11-16(10-14)22-18(21)17(12-20)13-6-4-3-5-7-13/h3-7,14-17,20H,8-12H2,1-2H3/q+1/t14?,15?,16?,17-/m0/s1. The zero-order valence-corrected chi connectivity index (χ0v) is 13.4. The van der Waals surface area contributed by atoms with Gasteiger partial charge in [0.05, 0.1) is 32.8 Å². The van der Waals surface area contributed by atoms with E-state index in [2.05, 4.69) is 14.1 Å². The van der Waals surface area contributed by atoms with Gasteiger partial charge in [0.1, 0.15) is 12.0 Å². The number of quaternary nitrogens is 1. The van der Waals surface area contributed by atoms with Crippen LogP contribution in [0.15, 0.2) is 30.3 Å². The molecule has 2 unspecified atom stereocenters. The first-order valence-corrected chi connectivity index (χ1v) is 8.22. The molecular formula is C18H26NO3+. The first-order chi connectivity index (χ1) is 10.5. The summed E-state index contributed by atoms with van der Waals surface area (Å²) in [5.41, 5.74) is 0.824. The molecule has 2 aliphatic heterocycles. The smallest absolute Gasteiger partial charge is 0.316 e. The van der Waals surface area contributed by atoms with Crippen molar-refractivity contribution in [1.29, 1.82) is 0 Å². The quantitative estimate of drug-likeness (QED) is 0.684. The average molecular weight is 304 g/mol. The van der Waals surface area contributed by atoms with Crippen LogP contribution in [0.5, 0.6) is 0 Å². The minimum Gasteiger partial charge on any atom is -0.461 e. The first-order valence-electron chi connectivity index (χ1n) is 8.22. The van der Waals surface area contributed by atoms with Crippen LogP contribution >= 0.6 is 0 Å². The molecule has 0 saturated carbocycles. The zero-order valence-electron chi connectivity index (χ0n) is 13.4. The van der Waals surface area contributed by atoms with Crippen LogP contribution < -0.4 is 0 Å². The average Bonchev–Trinajstić information content (AvgIpc) is 2.68. The number of fused-ring (bicyclic) bond motifs is 2. The molecule has 3 rings (SSSR count). The number of hydrogen-bond donors (Lipinski definition) is 1. The second kappa shape index (κ2) is 6.01. The van der Waals surface area contributed by atoms with E-state index >= 15 is 0 Å². The summed E-state index contributed by atoms with van der Waals surface area (Å²) in [6, 6.07) is 10.6. The fourth-order valence-electron chi connectivity index (χ4n) is 4.17. The summed E-state index contributed by atoms with van der Waals surface area (Å²) in [5.74, 6) is -0.853. The van der Waals surface area contributed by atoms with Gasteiger partial charge in [0.2, 0.25) is 0 Å². The van der Waals surface area contributed by atoms with Crippen LogP contribution in [0, 0.1) is 0 Å². The Morgan fingerprint density at radius 2 is 1.82 bits per heavy atom. The third kappa shape index (κ3) is 2.77. The molecule has 2 heterocycles. The number of hydrogen-bond acceptors (Lipinski definition) is 3. The number of aliphatic hydroxyl groups is 1. The fourth-order valence-corrected chi connectivity index (χ4v) is 4.17. The lowest BCUT2D eigenvalue weighted by atomic mass is 9.96. The number of benzene rings is 1. The molecule has 2 fully saturated rings. The molecule has 2 aliphatic rings. The van der Waals surface area contributed by atoms with Crippen LogP contribution in [0.2, 0.25) is 0 Å². The summed E-state index contributed by atoms with van der Waals surface area (Å²) in [5, 5.41) is 9.57. The van der Waals surface area contributed by atoms with Crippen molar-refractivity contribution in [2.24, 2.45) is 0 Å². The van der Waals surface area contributed by atoms with E-state index in [0.717, 1.165) is 22.9 Å². The van der Waals surface area contributed by atoms with E-state index in [-0.39, 0.29) is 18.7 Å². The van der Waals surface area contributed by atoms with Crippen molar-refractivity contribution in [3.63, 3.8) is 0 Å². The van der Waals surface area contributed by atoms with E-state index in [0.29, 0.717) is 12.1 Å². The molecule has 0 aliphatic carbocycles. The van der Waals surface area contributed by atoms with Gasteiger partial charge in [-0.05, 0) is 5.56 Å². The zero-order chi connectivity index (χ0) is 15.7. The van der Waals surface area contributed by atoms with Gasteiger partial charge in [0.25, 0.3) is 0 Å². The van der Waals surface area contributed by atoms with E-state index in [9.17, 15) is 9.90 Å². The van der Waals surface area contributed by atoms with Crippen molar-refractivity contribution in [1.82, 2.24) is 0 Å². The Kier molecular flexibility index (Phi) is 4.24. The predicted molar refractivity (Wildman–Crippen MR) is 84.3 cm³/mol. The largest absolute Gasteiger partial charge is 0.461 e. The molecule has 0 spiro atoms.